The number of nitrogens with one attached hydrogen (secondary N) is 1. The first kappa shape index (κ1) is 8.19. The third-order valence-electron chi connectivity index (χ3n) is 0.764. The summed E-state index contributed by atoms with van der Waals surface area (Å²) in [5, 5.41) is 0.972. The van der Waals surface area contributed by atoms with Gasteiger partial charge in [0.15, 0.2) is 0 Å². The number of carbonyl (C=O) groups is 1. The Morgan fingerprint density at radius 2 is 2.44 bits per heavy atom. The average Bonchev–Trinajstić information content (AvgIpc) is 1.87. The Morgan fingerprint density at radius 1 is 1.89 bits per heavy atom. The average molecular weight is 131 g/mol. The van der Waals surface area contributed by atoms with Gasteiger partial charge in [-0.3, -0.25) is 10.4 Å². The van der Waals surface area contributed by atoms with E-state index in [-0.39, 0.29) is 0 Å². The predicted octanol–water partition coefficient (Wildman–Crippen LogP) is -1.03. The highest BCUT2D eigenvalue weighted by atomic mass is 16.2. The van der Waals surface area contributed by atoms with Crippen LogP contribution in [0.1, 0.15) is 6.92 Å². The molecular weight excluding hydrogens is 120 g/mol. The molecule has 0 aromatic heterocycles. The van der Waals surface area contributed by atoms with Crippen LogP contribution >= 0.6 is 0 Å². The summed E-state index contributed by atoms with van der Waals surface area (Å²) in [4.78, 5) is 10.4. The molecule has 5 nitrogen and oxygen atoms in total. The maximum Gasteiger partial charge on any atom is 0.345 e. The van der Waals surface area contributed by atoms with E-state index >= 15 is 0 Å². The zero-order chi connectivity index (χ0) is 7.28. The number of amides is 2. The Hall–Kier alpha value is -0.810. The zero-order valence-electron chi connectivity index (χ0n) is 5.29. The van der Waals surface area contributed by atoms with Gasteiger partial charge in [-0.05, 0) is 6.42 Å². The van der Waals surface area contributed by atoms with Crippen molar-refractivity contribution in [3.05, 3.63) is 6.42 Å². The molecule has 0 heterocycles. The highest BCUT2D eigenvalue weighted by Gasteiger charge is 2.02. The molecule has 0 unspecified atom stereocenters. The molecule has 0 bridgehead atoms. The Morgan fingerprint density at radius 3 is 2.78 bits per heavy atom. The summed E-state index contributed by atoms with van der Waals surface area (Å²) in [6, 6.07) is -0.492. The summed E-state index contributed by atoms with van der Waals surface area (Å²) in [5.74, 6) is 9.92. The topological polar surface area (TPSA) is 84.4 Å². The monoisotopic (exact) mass is 131 g/mol. The zero-order valence-corrected chi connectivity index (χ0v) is 5.29. The Labute approximate surface area is 53.9 Å². The molecule has 1 radical (unpaired) electrons. The summed E-state index contributed by atoms with van der Waals surface area (Å²) < 4.78 is 0. The van der Waals surface area contributed by atoms with E-state index in [9.17, 15) is 4.79 Å². The minimum absolute atomic E-state index is 0.392. The van der Waals surface area contributed by atoms with Gasteiger partial charge in [0.25, 0.3) is 0 Å². The van der Waals surface area contributed by atoms with E-state index < -0.39 is 6.03 Å². The third-order valence-corrected chi connectivity index (χ3v) is 0.764. The van der Waals surface area contributed by atoms with Crippen LogP contribution in [-0.2, 0) is 0 Å². The summed E-state index contributed by atoms with van der Waals surface area (Å²) in [6.07, 6.45) is 1.75. The van der Waals surface area contributed by atoms with Gasteiger partial charge in [-0.1, -0.05) is 6.92 Å². The molecule has 0 saturated carbocycles. The maximum absolute atomic E-state index is 10.4. The summed E-state index contributed by atoms with van der Waals surface area (Å²) in [7, 11) is 0. The smallest absolute Gasteiger partial charge is 0.275 e. The molecule has 9 heavy (non-hydrogen) atoms. The third kappa shape index (κ3) is 2.89. The van der Waals surface area contributed by atoms with Crippen molar-refractivity contribution in [3.63, 3.8) is 0 Å². The van der Waals surface area contributed by atoms with Crippen LogP contribution in [0.2, 0.25) is 0 Å². The molecule has 0 spiro atoms. The molecule has 0 rings (SSSR count). The number of nitrogens with zero attached hydrogens (tertiary/aromatic N) is 1. The highest BCUT2D eigenvalue weighted by molar-refractivity contribution is 5.72. The summed E-state index contributed by atoms with van der Waals surface area (Å²) in [6.45, 7) is 2.19. The molecule has 53 valence electrons. The number of rotatable bonds is 2. The fourth-order valence-electron chi connectivity index (χ4n) is 0.363. The summed E-state index contributed by atoms with van der Waals surface area (Å²) >= 11 is 0. The van der Waals surface area contributed by atoms with E-state index in [1.165, 1.54) is 0 Å². The molecule has 0 aromatic carbocycles. The van der Waals surface area contributed by atoms with Crippen molar-refractivity contribution in [3.8, 4) is 0 Å². The van der Waals surface area contributed by atoms with E-state index in [0.717, 1.165) is 5.01 Å². The van der Waals surface area contributed by atoms with E-state index in [1.807, 2.05) is 5.43 Å². The van der Waals surface area contributed by atoms with E-state index in [1.54, 1.807) is 13.3 Å². The van der Waals surface area contributed by atoms with Crippen LogP contribution in [0.5, 0.6) is 0 Å². The van der Waals surface area contributed by atoms with Gasteiger partial charge >= 0.3 is 6.03 Å². The Kier molecular flexibility index (Phi) is 3.74. The second-order valence-electron chi connectivity index (χ2n) is 1.51. The van der Waals surface area contributed by atoms with Crippen LogP contribution in [0.3, 0.4) is 0 Å². The van der Waals surface area contributed by atoms with Gasteiger partial charge in [-0.25, -0.2) is 16.5 Å². The van der Waals surface area contributed by atoms with Crippen LogP contribution < -0.4 is 17.1 Å². The first-order valence-corrected chi connectivity index (χ1v) is 2.53. The van der Waals surface area contributed by atoms with Crippen molar-refractivity contribution in [1.29, 1.82) is 0 Å². The Bertz CT molecular complexity index is 94.6. The van der Waals surface area contributed by atoms with Gasteiger partial charge in [-0.15, -0.1) is 0 Å². The largest absolute Gasteiger partial charge is 0.345 e. The van der Waals surface area contributed by atoms with Crippen LogP contribution in [0.25, 0.3) is 0 Å². The molecule has 0 aliphatic rings. The lowest BCUT2D eigenvalue weighted by molar-refractivity contribution is 0.203. The van der Waals surface area contributed by atoms with Gasteiger partial charge in [0.05, 0.1) is 0 Å². The van der Waals surface area contributed by atoms with Gasteiger partial charge in [0, 0.05) is 6.54 Å². The molecule has 0 atom stereocenters. The number of nitrogens with two attached hydrogens (primary N) is 2. The van der Waals surface area contributed by atoms with Crippen molar-refractivity contribution < 1.29 is 4.79 Å². The molecule has 5 N–H and O–H groups in total. The van der Waals surface area contributed by atoms with Crippen LogP contribution in [-0.4, -0.2) is 17.6 Å². The summed E-state index contributed by atoms with van der Waals surface area (Å²) in [5.41, 5.74) is 1.89. The van der Waals surface area contributed by atoms with Crippen LogP contribution in [0.4, 0.5) is 4.79 Å². The molecule has 0 fully saturated rings. The molecule has 0 saturated heterocycles. The quantitative estimate of drug-likeness (QED) is 0.254. The molecule has 0 aliphatic carbocycles. The van der Waals surface area contributed by atoms with Crippen LogP contribution in [0, 0.1) is 6.42 Å². The van der Waals surface area contributed by atoms with Crippen molar-refractivity contribution in [1.82, 2.24) is 10.4 Å². The first-order chi connectivity index (χ1) is 4.22. The second-order valence-corrected chi connectivity index (χ2v) is 1.51. The van der Waals surface area contributed by atoms with E-state index in [4.69, 9.17) is 11.7 Å². The SMILES string of the molecule is C[CH]CN(N)C(=O)NN. The van der Waals surface area contributed by atoms with E-state index in [2.05, 4.69) is 0 Å². The van der Waals surface area contributed by atoms with Crippen molar-refractivity contribution >= 4 is 6.03 Å². The standard InChI is InChI=1S/C4H11N4O/c1-2-3-8(6)4(9)7-5/h2H,3,5-6H2,1H3,(H,7,9). The van der Waals surface area contributed by atoms with Crippen molar-refractivity contribution in [2.45, 2.75) is 6.92 Å². The fourth-order valence-corrected chi connectivity index (χ4v) is 0.363. The minimum Gasteiger partial charge on any atom is -0.275 e. The Balaban J connectivity index is 3.45. The number of carbonyl (C=O) groups excluding carboxylic acids is 1. The van der Waals surface area contributed by atoms with Crippen molar-refractivity contribution in [2.75, 3.05) is 6.54 Å². The van der Waals surface area contributed by atoms with Crippen molar-refractivity contribution in [2.24, 2.45) is 11.7 Å². The number of hydrogen-bond acceptors (Lipinski definition) is 3. The lowest BCUT2D eigenvalue weighted by atomic mass is 10.5. The number of hydrazine groups is 2. The van der Waals surface area contributed by atoms with Gasteiger partial charge in [0.2, 0.25) is 0 Å². The van der Waals surface area contributed by atoms with Crippen LogP contribution in [0.15, 0.2) is 0 Å². The predicted molar refractivity (Wildman–Crippen MR) is 33.6 cm³/mol. The molecule has 0 aliphatic heterocycles. The number of hydrogen-bond donors (Lipinski definition) is 3. The minimum atomic E-state index is -0.492. The van der Waals surface area contributed by atoms with Gasteiger partial charge < -0.3 is 0 Å². The van der Waals surface area contributed by atoms with Gasteiger partial charge in [-0.2, -0.15) is 0 Å². The normalized spacial score (nSPS) is 8.78. The lowest BCUT2D eigenvalue weighted by Gasteiger charge is -2.13. The highest BCUT2D eigenvalue weighted by Crippen LogP contribution is 1.79. The molecular formula is C4H11N4O. The second kappa shape index (κ2) is 4.11. The molecule has 2 amide bonds. The number of urea groups is 1. The molecule has 5 heteroatoms. The fraction of sp³-hybridized carbons (Fsp3) is 0.500. The molecule has 0 aromatic rings. The van der Waals surface area contributed by atoms with Gasteiger partial charge in [0.1, 0.15) is 0 Å². The maximum atomic E-state index is 10.4. The first-order valence-electron chi connectivity index (χ1n) is 2.53. The van der Waals surface area contributed by atoms with E-state index in [0.29, 0.717) is 6.54 Å². The lowest BCUT2D eigenvalue weighted by Crippen LogP contribution is -2.47.